The van der Waals surface area contributed by atoms with E-state index >= 15 is 0 Å². The SMILES string of the molecule is CCC(C#N)NCCCC(F)(F)F. The third-order valence-electron chi connectivity index (χ3n) is 1.59. The molecule has 0 aromatic rings. The van der Waals surface area contributed by atoms with Gasteiger partial charge in [-0.15, -0.1) is 0 Å². The van der Waals surface area contributed by atoms with Gasteiger partial charge < -0.3 is 5.32 Å². The van der Waals surface area contributed by atoms with Crippen LogP contribution in [0.25, 0.3) is 0 Å². The van der Waals surface area contributed by atoms with Crippen LogP contribution in [0.2, 0.25) is 0 Å². The van der Waals surface area contributed by atoms with Gasteiger partial charge in [-0.05, 0) is 19.4 Å². The standard InChI is InChI=1S/C8H13F3N2/c1-2-7(6-12)13-5-3-4-8(9,10)11/h7,13H,2-5H2,1H3. The van der Waals surface area contributed by atoms with Crippen LogP contribution in [0.3, 0.4) is 0 Å². The molecule has 0 heterocycles. The summed E-state index contributed by atoms with van der Waals surface area (Å²) < 4.78 is 35.0. The van der Waals surface area contributed by atoms with E-state index in [-0.39, 0.29) is 19.0 Å². The van der Waals surface area contributed by atoms with Gasteiger partial charge in [-0.1, -0.05) is 6.92 Å². The van der Waals surface area contributed by atoms with Gasteiger partial charge >= 0.3 is 6.18 Å². The van der Waals surface area contributed by atoms with Gasteiger partial charge in [0.2, 0.25) is 0 Å². The molecule has 1 atom stereocenters. The largest absolute Gasteiger partial charge is 0.389 e. The van der Waals surface area contributed by atoms with Crippen LogP contribution in [0, 0.1) is 11.3 Å². The highest BCUT2D eigenvalue weighted by Crippen LogP contribution is 2.20. The van der Waals surface area contributed by atoms with Gasteiger partial charge in [-0.3, -0.25) is 0 Å². The van der Waals surface area contributed by atoms with Gasteiger partial charge in [-0.2, -0.15) is 18.4 Å². The maximum Gasteiger partial charge on any atom is 0.389 e. The van der Waals surface area contributed by atoms with Crippen molar-refractivity contribution in [2.24, 2.45) is 0 Å². The Balaban J connectivity index is 3.41. The van der Waals surface area contributed by atoms with E-state index in [1.54, 1.807) is 0 Å². The Morgan fingerprint density at radius 2 is 2.08 bits per heavy atom. The van der Waals surface area contributed by atoms with Crippen LogP contribution in [-0.4, -0.2) is 18.8 Å². The smallest absolute Gasteiger partial charge is 0.302 e. The quantitative estimate of drug-likeness (QED) is 0.681. The van der Waals surface area contributed by atoms with Crippen molar-refractivity contribution in [3.8, 4) is 6.07 Å². The third kappa shape index (κ3) is 7.60. The topological polar surface area (TPSA) is 35.8 Å². The van der Waals surface area contributed by atoms with Crippen LogP contribution in [0.4, 0.5) is 13.2 Å². The molecule has 0 rings (SSSR count). The molecule has 0 saturated heterocycles. The molecule has 0 fully saturated rings. The van der Waals surface area contributed by atoms with Crippen molar-refractivity contribution < 1.29 is 13.2 Å². The van der Waals surface area contributed by atoms with Crippen LogP contribution in [-0.2, 0) is 0 Å². The first-order chi connectivity index (χ1) is 5.99. The molecule has 0 aliphatic rings. The highest BCUT2D eigenvalue weighted by molar-refractivity contribution is 4.87. The van der Waals surface area contributed by atoms with Gasteiger partial charge in [-0.25, -0.2) is 0 Å². The first-order valence-electron chi connectivity index (χ1n) is 4.19. The molecule has 0 aliphatic heterocycles. The van der Waals surface area contributed by atoms with Crippen molar-refractivity contribution in [1.82, 2.24) is 5.32 Å². The van der Waals surface area contributed by atoms with E-state index in [2.05, 4.69) is 5.32 Å². The lowest BCUT2D eigenvalue weighted by molar-refractivity contribution is -0.135. The van der Waals surface area contributed by atoms with Crippen LogP contribution in [0.1, 0.15) is 26.2 Å². The molecule has 76 valence electrons. The van der Waals surface area contributed by atoms with E-state index in [1.165, 1.54) is 0 Å². The zero-order valence-corrected chi connectivity index (χ0v) is 7.49. The second-order valence-corrected chi connectivity index (χ2v) is 2.76. The average molecular weight is 194 g/mol. The van der Waals surface area contributed by atoms with Crippen LogP contribution in [0.15, 0.2) is 0 Å². The number of halogens is 3. The Labute approximate surface area is 75.7 Å². The Morgan fingerprint density at radius 1 is 1.46 bits per heavy atom. The molecule has 2 nitrogen and oxygen atoms in total. The Bertz CT molecular complexity index is 171. The number of hydrogen-bond acceptors (Lipinski definition) is 2. The first-order valence-corrected chi connectivity index (χ1v) is 4.19. The monoisotopic (exact) mass is 194 g/mol. The number of nitriles is 1. The van der Waals surface area contributed by atoms with Crippen molar-refractivity contribution in [1.29, 1.82) is 5.26 Å². The summed E-state index contributed by atoms with van der Waals surface area (Å²) in [5.41, 5.74) is 0. The zero-order chi connectivity index (χ0) is 10.3. The molecule has 0 aromatic heterocycles. The van der Waals surface area contributed by atoms with E-state index in [0.717, 1.165) is 0 Å². The summed E-state index contributed by atoms with van der Waals surface area (Å²) in [6.45, 7) is 2.05. The van der Waals surface area contributed by atoms with E-state index in [9.17, 15) is 13.2 Å². The van der Waals surface area contributed by atoms with Gasteiger partial charge in [0.15, 0.2) is 0 Å². The summed E-state index contributed by atoms with van der Waals surface area (Å²) >= 11 is 0. The predicted octanol–water partition coefficient (Wildman–Crippen LogP) is 2.22. The zero-order valence-electron chi connectivity index (χ0n) is 7.49. The molecule has 1 N–H and O–H groups in total. The molecule has 0 saturated carbocycles. The van der Waals surface area contributed by atoms with Crippen molar-refractivity contribution in [3.63, 3.8) is 0 Å². The maximum absolute atomic E-state index is 11.7. The van der Waals surface area contributed by atoms with Gasteiger partial charge in [0.1, 0.15) is 0 Å². The maximum atomic E-state index is 11.7. The predicted molar refractivity (Wildman–Crippen MR) is 43.0 cm³/mol. The minimum absolute atomic E-state index is 0.0294. The lowest BCUT2D eigenvalue weighted by Gasteiger charge is -2.09. The van der Waals surface area contributed by atoms with Crippen molar-refractivity contribution in [2.45, 2.75) is 38.4 Å². The van der Waals surface area contributed by atoms with Crippen LogP contribution < -0.4 is 5.32 Å². The number of nitrogens with zero attached hydrogens (tertiary/aromatic N) is 1. The normalized spacial score (nSPS) is 13.8. The molecule has 0 amide bonds. The van der Waals surface area contributed by atoms with Gasteiger partial charge in [0.25, 0.3) is 0 Å². The van der Waals surface area contributed by atoms with E-state index in [0.29, 0.717) is 6.42 Å². The second kappa shape index (κ2) is 5.81. The fourth-order valence-corrected chi connectivity index (χ4v) is 0.846. The molecular weight excluding hydrogens is 181 g/mol. The van der Waals surface area contributed by atoms with Gasteiger partial charge in [0, 0.05) is 6.42 Å². The second-order valence-electron chi connectivity index (χ2n) is 2.76. The van der Waals surface area contributed by atoms with Crippen LogP contribution >= 0.6 is 0 Å². The Morgan fingerprint density at radius 3 is 2.46 bits per heavy atom. The van der Waals surface area contributed by atoms with Crippen molar-refractivity contribution >= 4 is 0 Å². The molecule has 13 heavy (non-hydrogen) atoms. The summed E-state index contributed by atoms with van der Waals surface area (Å²) in [6, 6.07) is 1.63. The van der Waals surface area contributed by atoms with Crippen LogP contribution in [0.5, 0.6) is 0 Å². The third-order valence-corrected chi connectivity index (χ3v) is 1.59. The summed E-state index contributed by atoms with van der Waals surface area (Å²) in [5, 5.41) is 11.2. The number of hydrogen-bond donors (Lipinski definition) is 1. The fourth-order valence-electron chi connectivity index (χ4n) is 0.846. The van der Waals surface area contributed by atoms with Gasteiger partial charge in [0.05, 0.1) is 12.1 Å². The Hall–Kier alpha value is -0.760. The first kappa shape index (κ1) is 12.2. The highest BCUT2D eigenvalue weighted by atomic mass is 19.4. The molecule has 0 aliphatic carbocycles. The summed E-state index contributed by atoms with van der Waals surface area (Å²) in [7, 11) is 0. The molecule has 0 radical (unpaired) electrons. The minimum atomic E-state index is -4.09. The molecule has 0 spiro atoms. The summed E-state index contributed by atoms with van der Waals surface area (Å²) in [6.07, 6.45) is -4.23. The lowest BCUT2D eigenvalue weighted by atomic mass is 10.2. The lowest BCUT2D eigenvalue weighted by Crippen LogP contribution is -2.28. The van der Waals surface area contributed by atoms with E-state index in [1.807, 2.05) is 13.0 Å². The highest BCUT2D eigenvalue weighted by Gasteiger charge is 2.25. The summed E-state index contributed by atoms with van der Waals surface area (Å²) in [4.78, 5) is 0. The molecular formula is C8H13F3N2. The van der Waals surface area contributed by atoms with E-state index in [4.69, 9.17) is 5.26 Å². The molecule has 0 aromatic carbocycles. The average Bonchev–Trinajstić information content (AvgIpc) is 2.03. The number of rotatable bonds is 5. The number of nitrogens with one attached hydrogen (secondary N) is 1. The molecule has 5 heteroatoms. The number of alkyl halides is 3. The fraction of sp³-hybridized carbons (Fsp3) is 0.875. The Kier molecular flexibility index (Phi) is 5.47. The minimum Gasteiger partial charge on any atom is -0.302 e. The summed E-state index contributed by atoms with van der Waals surface area (Å²) in [5.74, 6) is 0. The molecule has 1 unspecified atom stereocenters. The molecule has 0 bridgehead atoms. The van der Waals surface area contributed by atoms with Crippen molar-refractivity contribution in [2.75, 3.05) is 6.54 Å². The van der Waals surface area contributed by atoms with Crippen molar-refractivity contribution in [3.05, 3.63) is 0 Å². The van der Waals surface area contributed by atoms with E-state index < -0.39 is 12.6 Å².